The van der Waals surface area contributed by atoms with E-state index < -0.39 is 33.9 Å². The molecular weight excluding hydrogens is 725 g/mol. The highest BCUT2D eigenvalue weighted by Gasteiger charge is 2.30. The summed E-state index contributed by atoms with van der Waals surface area (Å²) >= 11 is -4.48. The first-order chi connectivity index (χ1) is 25.7. The number of hydrogen-bond donors (Lipinski definition) is 5. The maximum absolute atomic E-state index is 13.5. The molecule has 2 amide bonds. The molecule has 266 valence electrons. The molecule has 0 heterocycles. The van der Waals surface area contributed by atoms with Gasteiger partial charge < -0.3 is 10.6 Å². The molecule has 0 aromatic heterocycles. The number of rotatable bonds is 12. The first-order valence-electron chi connectivity index (χ1n) is 15.3. The van der Waals surface area contributed by atoms with Crippen molar-refractivity contribution in [1.29, 1.82) is 0 Å². The van der Waals surface area contributed by atoms with Crippen molar-refractivity contribution in [1.82, 2.24) is 0 Å². The van der Waals surface area contributed by atoms with Gasteiger partial charge in [-0.15, -0.1) is 8.67 Å². The van der Waals surface area contributed by atoms with Crippen molar-refractivity contribution in [2.45, 2.75) is 4.90 Å². The molecule has 5 aromatic rings. The number of amides is 2. The molecule has 0 fully saturated rings. The summed E-state index contributed by atoms with van der Waals surface area (Å²) in [6.45, 7) is 0. The second kappa shape index (κ2) is 16.8. The maximum atomic E-state index is 13.5. The van der Waals surface area contributed by atoms with Gasteiger partial charge in [-0.25, -0.2) is 18.9 Å². The zero-order valence-corrected chi connectivity index (χ0v) is 28.7. The van der Waals surface area contributed by atoms with Gasteiger partial charge in [-0.1, -0.05) is 18.2 Å². The van der Waals surface area contributed by atoms with Crippen LogP contribution in [0.3, 0.4) is 0 Å². The lowest BCUT2D eigenvalue weighted by molar-refractivity contribution is -0.124. The molecule has 2 atom stereocenters. The van der Waals surface area contributed by atoms with Gasteiger partial charge in [0.25, 0.3) is 11.8 Å². The highest BCUT2D eigenvalue weighted by atomic mass is 32.2. The SMILES string of the molecule is O=C(Nc1ccc(C(=O)Nc2ccc3c(c2)C=C(S(=O)OO)C(=NNc2ccc(N=Nc4ccc(S(=O)OO)cc4)cc2)C3=O)cc1)c1ccccc1. The third-order valence-corrected chi connectivity index (χ3v) is 9.12. The van der Waals surface area contributed by atoms with E-state index in [9.17, 15) is 28.1 Å². The van der Waals surface area contributed by atoms with Crippen molar-refractivity contribution in [2.24, 2.45) is 15.3 Å². The summed E-state index contributed by atoms with van der Waals surface area (Å²) in [5.74, 6) is -1.37. The Morgan fingerprint density at radius 3 is 1.79 bits per heavy atom. The van der Waals surface area contributed by atoms with Crippen molar-refractivity contribution in [3.63, 3.8) is 0 Å². The van der Waals surface area contributed by atoms with Crippen LogP contribution in [0.1, 0.15) is 36.6 Å². The molecule has 6 rings (SSSR count). The Hall–Kier alpha value is -6.34. The molecule has 0 saturated carbocycles. The van der Waals surface area contributed by atoms with E-state index >= 15 is 0 Å². The second-order valence-corrected chi connectivity index (χ2v) is 13.1. The van der Waals surface area contributed by atoms with E-state index in [4.69, 9.17) is 5.26 Å². The van der Waals surface area contributed by atoms with Crippen LogP contribution in [-0.2, 0) is 30.8 Å². The molecule has 0 aliphatic heterocycles. The Morgan fingerprint density at radius 2 is 1.17 bits per heavy atom. The molecule has 15 nitrogen and oxygen atoms in total. The number of anilines is 3. The third-order valence-electron chi connectivity index (χ3n) is 7.52. The molecule has 53 heavy (non-hydrogen) atoms. The van der Waals surface area contributed by atoms with Crippen LogP contribution in [0.15, 0.2) is 146 Å². The molecule has 5 aromatic carbocycles. The Bertz CT molecular complexity index is 2320. The molecule has 1 aliphatic carbocycles. The number of azo groups is 1. The summed E-state index contributed by atoms with van der Waals surface area (Å²) in [7, 11) is 0. The zero-order chi connectivity index (χ0) is 37.3. The standard InChI is InChI=1S/C36H26N6O9S2/c43-34-31-19-16-29(38-36(45)23-6-8-25(9-7-23)37-35(44)22-4-2-1-3-5-22)20-24(31)21-32(53(49)51-47)33(34)42-41-27-12-10-26(11-13-27)39-40-28-14-17-30(18-15-28)52(48)50-46/h1-21,41,46-47H,(H,37,44)(H,38,45). The molecule has 1 aliphatic rings. The minimum absolute atomic E-state index is 0.194. The number of Topliss-reactive ketones (excluding diaryl/α,β-unsaturated/α-hetero) is 1. The number of nitrogens with zero attached hydrogens (tertiary/aromatic N) is 3. The lowest BCUT2D eigenvalue weighted by atomic mass is 9.94. The first kappa shape index (κ1) is 36.5. The maximum Gasteiger partial charge on any atom is 0.255 e. The first-order valence-corrected chi connectivity index (χ1v) is 17.5. The molecule has 0 saturated heterocycles. The zero-order valence-electron chi connectivity index (χ0n) is 27.0. The molecule has 0 radical (unpaired) electrons. The Labute approximate surface area is 305 Å². The van der Waals surface area contributed by atoms with Crippen LogP contribution < -0.4 is 16.1 Å². The number of ketones is 1. The minimum Gasteiger partial charge on any atom is -0.322 e. The highest BCUT2D eigenvalue weighted by Crippen LogP contribution is 2.29. The van der Waals surface area contributed by atoms with Crippen molar-refractivity contribution >= 4 is 80.0 Å². The summed E-state index contributed by atoms with van der Waals surface area (Å²) in [5, 5.41) is 35.6. The fraction of sp³-hybridized carbons (Fsp3) is 0. The number of hydrogen-bond acceptors (Lipinski definition) is 13. The number of benzene rings is 5. The molecule has 0 spiro atoms. The topological polar surface area (TPSA) is 217 Å². The third kappa shape index (κ3) is 8.94. The van der Waals surface area contributed by atoms with Gasteiger partial charge in [0.1, 0.15) is 10.6 Å². The quantitative estimate of drug-likeness (QED) is 0.0488. The predicted octanol–water partition coefficient (Wildman–Crippen LogP) is 7.28. The summed E-state index contributed by atoms with van der Waals surface area (Å²) in [6, 6.07) is 32.0. The van der Waals surface area contributed by atoms with Crippen LogP contribution in [0, 0.1) is 0 Å². The lowest BCUT2D eigenvalue weighted by Gasteiger charge is -2.17. The van der Waals surface area contributed by atoms with Crippen molar-refractivity contribution in [3.8, 4) is 0 Å². The number of nitrogens with one attached hydrogen (secondary N) is 3. The number of carbonyl (C=O) groups excluding carboxylic acids is 3. The monoisotopic (exact) mass is 750 g/mol. The van der Waals surface area contributed by atoms with Gasteiger partial charge in [-0.2, -0.15) is 15.3 Å². The van der Waals surface area contributed by atoms with Gasteiger partial charge >= 0.3 is 0 Å². The average Bonchev–Trinajstić information content (AvgIpc) is 3.20. The Morgan fingerprint density at radius 1 is 0.623 bits per heavy atom. The summed E-state index contributed by atoms with van der Waals surface area (Å²) in [6.07, 6.45) is 1.36. The fourth-order valence-corrected chi connectivity index (χ4v) is 5.94. The number of allylic oxidation sites excluding steroid dienone is 1. The molecule has 2 unspecified atom stereocenters. The van der Waals surface area contributed by atoms with Gasteiger partial charge in [0, 0.05) is 28.1 Å². The number of carbonyl (C=O) groups is 3. The number of fused-ring (bicyclic) bond motifs is 1. The van der Waals surface area contributed by atoms with Gasteiger partial charge in [-0.05, 0) is 115 Å². The summed E-state index contributed by atoms with van der Waals surface area (Å²) in [4.78, 5) is 39.0. The van der Waals surface area contributed by atoms with Crippen LogP contribution in [0.2, 0.25) is 0 Å². The predicted molar refractivity (Wildman–Crippen MR) is 198 cm³/mol. The van der Waals surface area contributed by atoms with Crippen LogP contribution in [-0.4, -0.2) is 42.2 Å². The van der Waals surface area contributed by atoms with E-state index in [0.717, 1.165) is 0 Å². The molecular formula is C36H26N6O9S2. The molecule has 0 bridgehead atoms. The van der Waals surface area contributed by atoms with Crippen molar-refractivity contribution in [2.75, 3.05) is 16.1 Å². The van der Waals surface area contributed by atoms with Gasteiger partial charge in [0.05, 0.1) is 22.0 Å². The van der Waals surface area contributed by atoms with Crippen LogP contribution in [0.5, 0.6) is 0 Å². The van der Waals surface area contributed by atoms with E-state index in [0.29, 0.717) is 45.1 Å². The molecule has 5 N–H and O–H groups in total. The van der Waals surface area contributed by atoms with E-state index in [1.54, 1.807) is 84.9 Å². The second-order valence-electron chi connectivity index (χ2n) is 10.9. The number of hydrazone groups is 1. The van der Waals surface area contributed by atoms with Crippen molar-refractivity contribution in [3.05, 3.63) is 148 Å². The van der Waals surface area contributed by atoms with E-state index in [-0.39, 0.29) is 27.0 Å². The minimum atomic E-state index is -2.48. The smallest absolute Gasteiger partial charge is 0.255 e. The normalized spacial score (nSPS) is 14.3. The van der Waals surface area contributed by atoms with E-state index in [1.807, 2.05) is 6.07 Å². The van der Waals surface area contributed by atoms with Gasteiger partial charge in [0.15, 0.2) is 0 Å². The largest absolute Gasteiger partial charge is 0.322 e. The fourth-order valence-electron chi connectivity index (χ4n) is 4.90. The average molecular weight is 751 g/mol. The molecule has 17 heteroatoms. The lowest BCUT2D eigenvalue weighted by Crippen LogP contribution is -2.26. The summed E-state index contributed by atoms with van der Waals surface area (Å²) < 4.78 is 31.9. The van der Waals surface area contributed by atoms with Gasteiger partial charge in [-0.3, -0.25) is 19.8 Å². The van der Waals surface area contributed by atoms with Crippen LogP contribution in [0.25, 0.3) is 6.08 Å². The highest BCUT2D eigenvalue weighted by molar-refractivity contribution is 7.85. The van der Waals surface area contributed by atoms with E-state index in [1.165, 1.54) is 36.4 Å². The van der Waals surface area contributed by atoms with E-state index in [2.05, 4.69) is 40.1 Å². The Kier molecular flexibility index (Phi) is 11.5. The summed E-state index contributed by atoms with van der Waals surface area (Å²) in [5.41, 5.74) is 5.93. The van der Waals surface area contributed by atoms with Gasteiger partial charge in [0.2, 0.25) is 27.9 Å². The van der Waals surface area contributed by atoms with Crippen LogP contribution in [0.4, 0.5) is 28.4 Å². The van der Waals surface area contributed by atoms with Crippen molar-refractivity contribution < 1.29 is 42.0 Å². The Balaban J connectivity index is 1.12. The van der Waals surface area contributed by atoms with Crippen LogP contribution >= 0.6 is 0 Å².